The summed E-state index contributed by atoms with van der Waals surface area (Å²) < 4.78 is 1.88. The molecule has 0 unspecified atom stereocenters. The first-order chi connectivity index (χ1) is 8.19. The van der Waals surface area contributed by atoms with Gasteiger partial charge in [-0.25, -0.2) is 6.57 Å². The van der Waals surface area contributed by atoms with Gasteiger partial charge in [0, 0.05) is 24.6 Å². The number of pyridine rings is 1. The first-order valence-corrected chi connectivity index (χ1v) is 6.28. The lowest BCUT2D eigenvalue weighted by atomic mass is 9.87. The lowest BCUT2D eigenvalue weighted by Crippen LogP contribution is -2.36. The Labute approximate surface area is 101 Å². The highest BCUT2D eigenvalue weighted by Gasteiger charge is 2.36. The topological polar surface area (TPSA) is 26.4 Å². The van der Waals surface area contributed by atoms with Gasteiger partial charge in [0.1, 0.15) is 0 Å². The summed E-state index contributed by atoms with van der Waals surface area (Å²) >= 11 is 0. The van der Waals surface area contributed by atoms with Gasteiger partial charge < -0.3 is 9.41 Å². The Bertz CT molecular complexity index is 542. The first kappa shape index (κ1) is 10.6. The predicted octanol–water partition coefficient (Wildman–Crippen LogP) is 2.66. The zero-order valence-corrected chi connectivity index (χ0v) is 10.0. The molecule has 0 amide bonds. The van der Waals surface area contributed by atoms with E-state index in [9.17, 15) is 4.79 Å². The van der Waals surface area contributed by atoms with Crippen LogP contribution in [0.25, 0.3) is 4.85 Å². The lowest BCUT2D eigenvalue weighted by molar-refractivity contribution is 0.288. The smallest absolute Gasteiger partial charge is 0.253 e. The second-order valence-electron chi connectivity index (χ2n) is 5.35. The minimum Gasteiger partial charge on any atom is -0.314 e. The Morgan fingerprint density at radius 2 is 2.12 bits per heavy atom. The molecule has 2 aliphatic carbocycles. The van der Waals surface area contributed by atoms with Crippen LogP contribution in [0.2, 0.25) is 0 Å². The maximum atomic E-state index is 12.1. The third-order valence-electron chi connectivity index (χ3n) is 3.96. The van der Waals surface area contributed by atoms with Crippen molar-refractivity contribution in [1.82, 2.24) is 4.57 Å². The average molecular weight is 228 g/mol. The number of hydrogen-bond acceptors (Lipinski definition) is 1. The molecule has 0 saturated heterocycles. The van der Waals surface area contributed by atoms with Crippen molar-refractivity contribution in [3.8, 4) is 0 Å². The van der Waals surface area contributed by atoms with E-state index in [1.54, 1.807) is 0 Å². The molecule has 1 heterocycles. The molecule has 0 bridgehead atoms. The fourth-order valence-electron chi connectivity index (χ4n) is 2.57. The van der Waals surface area contributed by atoms with Crippen molar-refractivity contribution in [1.29, 1.82) is 0 Å². The van der Waals surface area contributed by atoms with Gasteiger partial charge >= 0.3 is 0 Å². The van der Waals surface area contributed by atoms with E-state index in [1.165, 1.54) is 18.4 Å². The number of nitrogens with zero attached hydrogens (tertiary/aromatic N) is 2. The van der Waals surface area contributed by atoms with Gasteiger partial charge in [0.15, 0.2) is 0 Å². The molecule has 2 saturated carbocycles. The van der Waals surface area contributed by atoms with Crippen molar-refractivity contribution >= 4 is 0 Å². The van der Waals surface area contributed by atoms with Gasteiger partial charge in [-0.15, -0.1) is 0 Å². The van der Waals surface area contributed by atoms with Crippen LogP contribution in [0.4, 0.5) is 0 Å². The van der Waals surface area contributed by atoms with Crippen LogP contribution in [0, 0.1) is 13.5 Å². The highest BCUT2D eigenvalue weighted by atomic mass is 16.1. The summed E-state index contributed by atoms with van der Waals surface area (Å²) in [5.74, 6) is 0.678. The zero-order chi connectivity index (χ0) is 12.0. The molecule has 3 rings (SSSR count). The van der Waals surface area contributed by atoms with Crippen molar-refractivity contribution in [2.45, 2.75) is 50.6 Å². The van der Waals surface area contributed by atoms with Gasteiger partial charge in [-0.1, -0.05) is 0 Å². The maximum absolute atomic E-state index is 12.1. The van der Waals surface area contributed by atoms with Gasteiger partial charge in [0.25, 0.3) is 5.56 Å². The molecule has 3 nitrogen and oxygen atoms in total. The highest BCUT2D eigenvalue weighted by molar-refractivity contribution is 5.26. The summed E-state index contributed by atoms with van der Waals surface area (Å²) in [5, 5.41) is 0. The predicted molar refractivity (Wildman–Crippen MR) is 66.1 cm³/mol. The Kier molecular flexibility index (Phi) is 2.32. The van der Waals surface area contributed by atoms with Crippen molar-refractivity contribution in [2.75, 3.05) is 0 Å². The molecule has 0 radical (unpaired) electrons. The minimum atomic E-state index is 0.128. The molecular formula is C14H16N2O. The third kappa shape index (κ3) is 1.78. The van der Waals surface area contributed by atoms with E-state index in [0.717, 1.165) is 18.4 Å². The molecule has 0 spiro atoms. The minimum absolute atomic E-state index is 0.128. The van der Waals surface area contributed by atoms with Crippen LogP contribution in [0.1, 0.15) is 48.8 Å². The maximum Gasteiger partial charge on any atom is 0.253 e. The summed E-state index contributed by atoms with van der Waals surface area (Å²) in [4.78, 5) is 15.6. The third-order valence-corrected chi connectivity index (χ3v) is 3.96. The van der Waals surface area contributed by atoms with Gasteiger partial charge in [-0.05, 0) is 37.3 Å². The van der Waals surface area contributed by atoms with Crippen molar-refractivity contribution in [3.63, 3.8) is 0 Å². The normalized spacial score (nSPS) is 27.3. The van der Waals surface area contributed by atoms with Crippen molar-refractivity contribution in [3.05, 3.63) is 45.2 Å². The van der Waals surface area contributed by atoms with E-state index < -0.39 is 0 Å². The van der Waals surface area contributed by atoms with Crippen molar-refractivity contribution < 1.29 is 0 Å². The molecule has 1 aromatic rings. The van der Waals surface area contributed by atoms with E-state index in [-0.39, 0.29) is 17.6 Å². The molecule has 2 aliphatic rings. The second-order valence-corrected chi connectivity index (χ2v) is 5.35. The molecule has 1 aromatic heterocycles. The Morgan fingerprint density at radius 3 is 2.71 bits per heavy atom. The number of aromatic nitrogens is 1. The Hall–Kier alpha value is -1.56. The van der Waals surface area contributed by atoms with Gasteiger partial charge in [-0.2, -0.15) is 0 Å². The van der Waals surface area contributed by atoms with Crippen molar-refractivity contribution in [2.24, 2.45) is 0 Å². The molecule has 3 heteroatoms. The van der Waals surface area contributed by atoms with E-state index in [2.05, 4.69) is 4.85 Å². The summed E-state index contributed by atoms with van der Waals surface area (Å²) in [5.41, 5.74) is 2.29. The van der Waals surface area contributed by atoms with Gasteiger partial charge in [-0.3, -0.25) is 4.79 Å². The van der Waals surface area contributed by atoms with Gasteiger partial charge in [0.2, 0.25) is 6.04 Å². The van der Waals surface area contributed by atoms with Crippen LogP contribution in [0.3, 0.4) is 0 Å². The molecule has 17 heavy (non-hydrogen) atoms. The van der Waals surface area contributed by atoms with E-state index in [1.807, 2.05) is 23.8 Å². The van der Waals surface area contributed by atoms with Crippen LogP contribution >= 0.6 is 0 Å². The number of rotatable bonds is 2. The van der Waals surface area contributed by atoms with Crippen LogP contribution < -0.4 is 5.56 Å². The van der Waals surface area contributed by atoms with E-state index in [4.69, 9.17) is 6.57 Å². The monoisotopic (exact) mass is 228 g/mol. The fourth-order valence-corrected chi connectivity index (χ4v) is 2.57. The largest absolute Gasteiger partial charge is 0.314 e. The molecular weight excluding hydrogens is 212 g/mol. The molecule has 0 N–H and O–H groups in total. The molecule has 0 aromatic carbocycles. The summed E-state index contributed by atoms with van der Waals surface area (Å²) in [6, 6.07) is 2.44. The van der Waals surface area contributed by atoms with Crippen LogP contribution in [-0.2, 0) is 0 Å². The first-order valence-electron chi connectivity index (χ1n) is 6.28. The Balaban J connectivity index is 1.93. The highest BCUT2D eigenvalue weighted by Crippen LogP contribution is 2.41. The Morgan fingerprint density at radius 1 is 1.41 bits per heavy atom. The molecule has 88 valence electrons. The molecule has 0 aliphatic heterocycles. The van der Waals surface area contributed by atoms with Crippen LogP contribution in [0.15, 0.2) is 17.1 Å². The zero-order valence-electron chi connectivity index (χ0n) is 10.0. The van der Waals surface area contributed by atoms with E-state index >= 15 is 0 Å². The standard InChI is InChI=1S/C14H16N2O/c1-9-5-11(10-3-4-10)8-16(14(9)17)13-6-12(7-13)15-2/h5,8,10,12-13H,3-4,6-7H2,1H3. The SMILES string of the molecule is [C-]#[N+]C1CC(n2cc(C3CC3)cc(C)c2=O)C1. The van der Waals surface area contributed by atoms with Gasteiger partial charge in [0.05, 0.1) is 6.04 Å². The molecule has 0 atom stereocenters. The second kappa shape index (κ2) is 3.73. The fraction of sp³-hybridized carbons (Fsp3) is 0.571. The summed E-state index contributed by atoms with van der Waals surface area (Å²) in [6.07, 6.45) is 6.24. The van der Waals surface area contributed by atoms with Crippen LogP contribution in [0.5, 0.6) is 0 Å². The number of aryl methyl sites for hydroxylation is 1. The summed E-state index contributed by atoms with van der Waals surface area (Å²) in [7, 11) is 0. The average Bonchev–Trinajstić information content (AvgIpc) is 3.06. The van der Waals surface area contributed by atoms with Crippen LogP contribution in [-0.4, -0.2) is 10.6 Å². The number of hydrogen-bond donors (Lipinski definition) is 0. The lowest BCUT2D eigenvalue weighted by Gasteiger charge is -2.29. The quantitative estimate of drug-likeness (QED) is 0.715. The molecule has 2 fully saturated rings. The summed E-state index contributed by atoms with van der Waals surface area (Å²) in [6.45, 7) is 8.86. The van der Waals surface area contributed by atoms with E-state index in [0.29, 0.717) is 5.92 Å².